The Bertz CT molecular complexity index is 1130. The van der Waals surface area contributed by atoms with Gasteiger partial charge >= 0.3 is 6.03 Å². The van der Waals surface area contributed by atoms with Crippen LogP contribution in [0.4, 0.5) is 9.80 Å². The van der Waals surface area contributed by atoms with E-state index in [1.165, 1.54) is 11.3 Å². The van der Waals surface area contributed by atoms with E-state index in [0.717, 1.165) is 42.3 Å². The van der Waals surface area contributed by atoms with Crippen LogP contribution in [0.15, 0.2) is 60.9 Å². The summed E-state index contributed by atoms with van der Waals surface area (Å²) in [5.74, 6) is 0.728. The summed E-state index contributed by atoms with van der Waals surface area (Å²) in [4.78, 5) is 36.8. The molecule has 1 spiro atoms. The van der Waals surface area contributed by atoms with Gasteiger partial charge in [0, 0.05) is 42.6 Å². The number of nitrogens with one attached hydrogen (secondary N) is 2. The van der Waals surface area contributed by atoms with Crippen molar-refractivity contribution in [3.63, 3.8) is 0 Å². The first-order chi connectivity index (χ1) is 16.4. The number of ketones is 1. The number of nitrogens with zero attached hydrogens (tertiary/aromatic N) is 1. The SMILES string of the molecule is C=CC1=C(C=C)C(=O)CC2(CCN(C)CC2)O1.CCNC(=O)Nc1sc2ccccc2c1C=O. The summed E-state index contributed by atoms with van der Waals surface area (Å²) in [5.41, 5.74) is 0.806. The Morgan fingerprint density at radius 3 is 2.56 bits per heavy atom. The maximum atomic E-state index is 12.1. The standard InChI is InChI=1S/C14H19NO2.C12H12N2O2S/c1-4-11-12(16)10-14(17-13(11)5-2)6-8-15(3)9-7-14;1-2-13-12(16)14-11-9(7-15)8-5-3-4-6-10(8)17-11/h4-5H,1-2,6-10H2,3H3;3-7H,2H2,1H3,(H2,13,14,16). The van der Waals surface area contributed by atoms with E-state index >= 15 is 0 Å². The third kappa shape index (κ3) is 5.63. The largest absolute Gasteiger partial charge is 0.486 e. The van der Waals surface area contributed by atoms with Gasteiger partial charge in [0.15, 0.2) is 12.1 Å². The number of thiophene rings is 1. The van der Waals surface area contributed by atoms with Gasteiger partial charge in [0.1, 0.15) is 16.4 Å². The van der Waals surface area contributed by atoms with Crippen LogP contribution in [0.25, 0.3) is 10.1 Å². The number of Topliss-reactive ketones (excluding diaryl/α,β-unsaturated/α-hetero) is 1. The molecule has 1 fully saturated rings. The Morgan fingerprint density at radius 2 is 1.94 bits per heavy atom. The lowest BCUT2D eigenvalue weighted by Gasteiger charge is -2.43. The van der Waals surface area contributed by atoms with Gasteiger partial charge in [0.25, 0.3) is 0 Å². The second-order valence-electron chi connectivity index (χ2n) is 8.32. The molecule has 34 heavy (non-hydrogen) atoms. The van der Waals surface area contributed by atoms with Crippen LogP contribution in [0.1, 0.15) is 36.5 Å². The average Bonchev–Trinajstić information content (AvgIpc) is 3.18. The number of anilines is 1. The van der Waals surface area contributed by atoms with Crippen molar-refractivity contribution >= 4 is 44.5 Å². The predicted molar refractivity (Wildman–Crippen MR) is 137 cm³/mol. The summed E-state index contributed by atoms with van der Waals surface area (Å²) in [6.45, 7) is 11.7. The first kappa shape index (κ1) is 25.4. The van der Waals surface area contributed by atoms with E-state index in [4.69, 9.17) is 4.74 Å². The van der Waals surface area contributed by atoms with E-state index in [1.807, 2.05) is 31.2 Å². The van der Waals surface area contributed by atoms with Crippen LogP contribution in [0.3, 0.4) is 0 Å². The van der Waals surface area contributed by atoms with Crippen molar-refractivity contribution in [1.29, 1.82) is 0 Å². The smallest absolute Gasteiger partial charge is 0.319 e. The maximum absolute atomic E-state index is 12.1. The molecule has 0 atom stereocenters. The molecular weight excluding hydrogens is 450 g/mol. The highest BCUT2D eigenvalue weighted by Gasteiger charge is 2.42. The number of rotatable bonds is 5. The molecule has 0 radical (unpaired) electrons. The minimum Gasteiger partial charge on any atom is -0.486 e. The highest BCUT2D eigenvalue weighted by atomic mass is 32.1. The Balaban J connectivity index is 0.000000191. The quantitative estimate of drug-likeness (QED) is 0.592. The first-order valence-corrected chi connectivity index (χ1v) is 12.1. The first-order valence-electron chi connectivity index (χ1n) is 11.3. The summed E-state index contributed by atoms with van der Waals surface area (Å²) in [5, 5.41) is 6.78. The topological polar surface area (TPSA) is 87.7 Å². The predicted octanol–water partition coefficient (Wildman–Crippen LogP) is 4.92. The van der Waals surface area contributed by atoms with E-state index in [9.17, 15) is 14.4 Å². The number of piperidine rings is 1. The summed E-state index contributed by atoms with van der Waals surface area (Å²) < 4.78 is 7.02. The molecule has 0 unspecified atom stereocenters. The van der Waals surface area contributed by atoms with Gasteiger partial charge < -0.3 is 15.0 Å². The molecule has 180 valence electrons. The van der Waals surface area contributed by atoms with Crippen molar-refractivity contribution in [2.24, 2.45) is 0 Å². The molecule has 0 bridgehead atoms. The van der Waals surface area contributed by atoms with Gasteiger partial charge in [-0.3, -0.25) is 14.9 Å². The van der Waals surface area contributed by atoms with Crippen molar-refractivity contribution in [2.45, 2.75) is 31.8 Å². The third-order valence-corrected chi connectivity index (χ3v) is 7.08. The van der Waals surface area contributed by atoms with E-state index in [0.29, 0.717) is 34.9 Å². The van der Waals surface area contributed by atoms with Gasteiger partial charge in [-0.25, -0.2) is 4.79 Å². The zero-order valence-corrected chi connectivity index (χ0v) is 20.5. The van der Waals surface area contributed by atoms with Crippen LogP contribution in [0.5, 0.6) is 0 Å². The number of carbonyl (C=O) groups is 3. The molecule has 2 aromatic rings. The van der Waals surface area contributed by atoms with Crippen LogP contribution in [-0.4, -0.2) is 55.3 Å². The molecule has 7 nitrogen and oxygen atoms in total. The molecule has 1 aromatic carbocycles. The summed E-state index contributed by atoms with van der Waals surface area (Å²) in [6, 6.07) is 7.29. The molecule has 3 heterocycles. The normalized spacial score (nSPS) is 17.4. The molecule has 2 aliphatic rings. The Kier molecular flexibility index (Phi) is 8.41. The van der Waals surface area contributed by atoms with Crippen LogP contribution >= 0.6 is 11.3 Å². The molecule has 1 saturated heterocycles. The Hall–Kier alpha value is -3.23. The number of urea groups is 1. The lowest BCUT2D eigenvalue weighted by Crippen LogP contribution is -2.47. The molecule has 4 rings (SSSR count). The molecule has 1 aromatic heterocycles. The van der Waals surface area contributed by atoms with Crippen LogP contribution in [-0.2, 0) is 9.53 Å². The van der Waals surface area contributed by atoms with Gasteiger partial charge in [-0.15, -0.1) is 11.3 Å². The molecular formula is C26H31N3O4S. The van der Waals surface area contributed by atoms with Crippen LogP contribution in [0.2, 0.25) is 0 Å². The van der Waals surface area contributed by atoms with Gasteiger partial charge in [0.2, 0.25) is 0 Å². The lowest BCUT2D eigenvalue weighted by atomic mass is 9.82. The van der Waals surface area contributed by atoms with Gasteiger partial charge in [-0.05, 0) is 26.1 Å². The van der Waals surface area contributed by atoms with Crippen LogP contribution in [0, 0.1) is 0 Å². The highest BCUT2D eigenvalue weighted by molar-refractivity contribution is 7.23. The summed E-state index contributed by atoms with van der Waals surface area (Å²) >= 11 is 1.40. The minimum absolute atomic E-state index is 0.130. The van der Waals surface area contributed by atoms with Crippen molar-refractivity contribution in [3.8, 4) is 0 Å². The number of amides is 2. The molecule has 8 heteroatoms. The average molecular weight is 482 g/mol. The number of allylic oxidation sites excluding steroid dienone is 3. The number of hydrogen-bond acceptors (Lipinski definition) is 6. The molecule has 2 N–H and O–H groups in total. The second-order valence-corrected chi connectivity index (χ2v) is 9.37. The maximum Gasteiger partial charge on any atom is 0.319 e. The molecule has 0 aliphatic carbocycles. The second kappa shape index (κ2) is 11.3. The number of hydrogen-bond donors (Lipinski definition) is 2. The minimum atomic E-state index is -0.306. The number of fused-ring (bicyclic) bond motifs is 1. The number of likely N-dealkylation sites (tertiary alicyclic amines) is 1. The van der Waals surface area contributed by atoms with Gasteiger partial charge in [-0.2, -0.15) is 0 Å². The third-order valence-electron chi connectivity index (χ3n) is 5.98. The highest BCUT2D eigenvalue weighted by Crippen LogP contribution is 2.38. The Labute approximate surface area is 204 Å². The number of benzene rings is 1. The summed E-state index contributed by atoms with van der Waals surface area (Å²) in [6.07, 6.45) is 6.24. The van der Waals surface area contributed by atoms with E-state index in [1.54, 1.807) is 12.2 Å². The number of carbonyl (C=O) groups excluding carboxylic acids is 3. The fourth-order valence-electron chi connectivity index (χ4n) is 4.10. The van der Waals surface area contributed by atoms with Crippen molar-refractivity contribution in [3.05, 3.63) is 66.5 Å². The van der Waals surface area contributed by atoms with Gasteiger partial charge in [-0.1, -0.05) is 37.4 Å². The zero-order valence-electron chi connectivity index (χ0n) is 19.7. The molecule has 2 amide bonds. The fourth-order valence-corrected chi connectivity index (χ4v) is 5.17. The van der Waals surface area contributed by atoms with Crippen molar-refractivity contribution < 1.29 is 19.1 Å². The Morgan fingerprint density at radius 1 is 1.24 bits per heavy atom. The number of ether oxygens (including phenoxy) is 1. The van der Waals surface area contributed by atoms with Crippen molar-refractivity contribution in [2.75, 3.05) is 32.0 Å². The monoisotopic (exact) mass is 481 g/mol. The van der Waals surface area contributed by atoms with Crippen molar-refractivity contribution in [1.82, 2.24) is 10.2 Å². The molecule has 0 saturated carbocycles. The number of aldehydes is 1. The fraction of sp³-hybridized carbons (Fsp3) is 0.346. The van der Waals surface area contributed by atoms with Gasteiger partial charge in [0.05, 0.1) is 17.6 Å². The lowest BCUT2D eigenvalue weighted by molar-refractivity contribution is -0.127. The van der Waals surface area contributed by atoms with E-state index in [-0.39, 0.29) is 17.4 Å². The van der Waals surface area contributed by atoms with Crippen LogP contribution < -0.4 is 10.6 Å². The van der Waals surface area contributed by atoms with E-state index < -0.39 is 0 Å². The zero-order chi connectivity index (χ0) is 24.7. The summed E-state index contributed by atoms with van der Waals surface area (Å²) in [7, 11) is 2.09. The van der Waals surface area contributed by atoms with E-state index in [2.05, 4.69) is 35.7 Å². The molecule has 2 aliphatic heterocycles.